The van der Waals surface area contributed by atoms with Crippen LogP contribution in [0.1, 0.15) is 44.0 Å². The van der Waals surface area contributed by atoms with Gasteiger partial charge in [0.1, 0.15) is 0 Å². The van der Waals surface area contributed by atoms with E-state index in [0.717, 1.165) is 16.6 Å². The van der Waals surface area contributed by atoms with Gasteiger partial charge in [-0.25, -0.2) is 0 Å². The summed E-state index contributed by atoms with van der Waals surface area (Å²) < 4.78 is 2.13. The highest BCUT2D eigenvalue weighted by molar-refractivity contribution is 5.87. The van der Waals surface area contributed by atoms with Crippen LogP contribution in [0, 0.1) is 6.92 Å². The molecule has 2 rings (SSSR count). The zero-order valence-electron chi connectivity index (χ0n) is 11.3. The van der Waals surface area contributed by atoms with Gasteiger partial charge in [0.15, 0.2) is 0 Å². The van der Waals surface area contributed by atoms with Crippen molar-refractivity contribution >= 4 is 16.9 Å². The molecule has 0 fully saturated rings. The number of carboxylic acids is 1. The van der Waals surface area contributed by atoms with E-state index in [1.54, 1.807) is 6.92 Å². The Bertz CT molecular complexity index is 596. The lowest BCUT2D eigenvalue weighted by Crippen LogP contribution is -2.14. The molecule has 0 saturated heterocycles. The van der Waals surface area contributed by atoms with Gasteiger partial charge < -0.3 is 9.67 Å². The van der Waals surface area contributed by atoms with E-state index in [1.165, 1.54) is 5.56 Å². The number of aromatic nitrogens is 1. The molecule has 0 aliphatic carbocycles. The maximum atomic E-state index is 11.2. The molecule has 0 radical (unpaired) electrons. The molecular weight excluding hydrogens is 226 g/mol. The van der Waals surface area contributed by atoms with Crippen LogP contribution in [0.15, 0.2) is 24.3 Å². The molecule has 0 saturated carbocycles. The van der Waals surface area contributed by atoms with E-state index >= 15 is 0 Å². The summed E-state index contributed by atoms with van der Waals surface area (Å²) in [5.41, 5.74) is 3.18. The summed E-state index contributed by atoms with van der Waals surface area (Å²) in [4.78, 5) is 11.2. The second-order valence-electron chi connectivity index (χ2n) is 5.10. The lowest BCUT2D eigenvalue weighted by molar-refractivity contribution is -0.138. The van der Waals surface area contributed by atoms with Crippen molar-refractivity contribution in [2.75, 3.05) is 0 Å². The molecule has 0 aliphatic rings. The van der Waals surface area contributed by atoms with E-state index in [2.05, 4.69) is 37.5 Å². The number of hydrogen-bond donors (Lipinski definition) is 1. The van der Waals surface area contributed by atoms with Crippen molar-refractivity contribution in [1.29, 1.82) is 0 Å². The summed E-state index contributed by atoms with van der Waals surface area (Å²) in [6.07, 6.45) is 0. The van der Waals surface area contributed by atoms with E-state index in [0.29, 0.717) is 0 Å². The Morgan fingerprint density at radius 3 is 2.50 bits per heavy atom. The Kier molecular flexibility index (Phi) is 3.16. The van der Waals surface area contributed by atoms with Crippen molar-refractivity contribution in [1.82, 2.24) is 4.57 Å². The van der Waals surface area contributed by atoms with Gasteiger partial charge in [-0.05, 0) is 45.4 Å². The van der Waals surface area contributed by atoms with Crippen LogP contribution in [0.2, 0.25) is 0 Å². The topological polar surface area (TPSA) is 42.2 Å². The molecule has 18 heavy (non-hydrogen) atoms. The predicted molar refractivity (Wildman–Crippen MR) is 73.1 cm³/mol. The van der Waals surface area contributed by atoms with Gasteiger partial charge in [-0.3, -0.25) is 4.79 Å². The minimum atomic E-state index is -0.780. The van der Waals surface area contributed by atoms with Gasteiger partial charge >= 0.3 is 5.97 Å². The molecule has 0 amide bonds. The van der Waals surface area contributed by atoms with Crippen molar-refractivity contribution in [2.45, 2.75) is 39.7 Å². The molecule has 1 N–H and O–H groups in total. The Morgan fingerprint density at radius 1 is 1.28 bits per heavy atom. The fraction of sp³-hybridized carbons (Fsp3) is 0.400. The summed E-state index contributed by atoms with van der Waals surface area (Å²) in [5.74, 6) is -1.27. The number of aryl methyl sites for hydroxylation is 1. The van der Waals surface area contributed by atoms with Crippen molar-refractivity contribution in [3.05, 3.63) is 35.5 Å². The van der Waals surface area contributed by atoms with E-state index in [9.17, 15) is 9.90 Å². The summed E-state index contributed by atoms with van der Waals surface area (Å²) in [6.45, 7) is 7.96. The summed E-state index contributed by atoms with van der Waals surface area (Å²) in [5, 5.41) is 10.4. The van der Waals surface area contributed by atoms with Gasteiger partial charge in [0.2, 0.25) is 0 Å². The van der Waals surface area contributed by atoms with Crippen LogP contribution < -0.4 is 0 Å². The Morgan fingerprint density at radius 2 is 1.94 bits per heavy atom. The van der Waals surface area contributed by atoms with Gasteiger partial charge in [-0.15, -0.1) is 0 Å². The second-order valence-corrected chi connectivity index (χ2v) is 5.10. The van der Waals surface area contributed by atoms with Gasteiger partial charge in [0.05, 0.1) is 5.92 Å². The molecule has 1 heterocycles. The lowest BCUT2D eigenvalue weighted by Gasteiger charge is -2.17. The quantitative estimate of drug-likeness (QED) is 0.895. The number of rotatable bonds is 3. The fourth-order valence-electron chi connectivity index (χ4n) is 2.46. The highest BCUT2D eigenvalue weighted by Crippen LogP contribution is 2.30. The third-order valence-corrected chi connectivity index (χ3v) is 3.46. The zero-order chi connectivity index (χ0) is 13.4. The van der Waals surface area contributed by atoms with Crippen LogP contribution in [0.3, 0.4) is 0 Å². The number of aliphatic carboxylic acids is 1. The third kappa shape index (κ3) is 1.90. The average molecular weight is 245 g/mol. The van der Waals surface area contributed by atoms with Crippen LogP contribution in [0.25, 0.3) is 10.9 Å². The van der Waals surface area contributed by atoms with Crippen molar-refractivity contribution < 1.29 is 9.90 Å². The third-order valence-electron chi connectivity index (χ3n) is 3.46. The second kappa shape index (κ2) is 4.48. The molecule has 0 spiro atoms. The lowest BCUT2D eigenvalue weighted by atomic mass is 10.1. The number of hydrogen-bond acceptors (Lipinski definition) is 1. The van der Waals surface area contributed by atoms with Crippen LogP contribution in [0.4, 0.5) is 0 Å². The first-order valence-corrected chi connectivity index (χ1v) is 6.26. The molecule has 3 heteroatoms. The Labute approximate surface area is 107 Å². The monoisotopic (exact) mass is 245 g/mol. The Balaban J connectivity index is 2.77. The van der Waals surface area contributed by atoms with Crippen molar-refractivity contribution in [3.63, 3.8) is 0 Å². The molecule has 0 aliphatic heterocycles. The van der Waals surface area contributed by atoms with Crippen molar-refractivity contribution in [2.24, 2.45) is 0 Å². The molecular formula is C15H19NO2. The summed E-state index contributed by atoms with van der Waals surface area (Å²) >= 11 is 0. The first-order chi connectivity index (χ1) is 8.43. The number of fused-ring (bicyclic) bond motifs is 1. The van der Waals surface area contributed by atoms with Crippen LogP contribution in [-0.4, -0.2) is 15.6 Å². The highest BCUT2D eigenvalue weighted by atomic mass is 16.4. The molecule has 1 aromatic heterocycles. The average Bonchev–Trinajstić information content (AvgIpc) is 2.68. The summed E-state index contributed by atoms with van der Waals surface area (Å²) in [7, 11) is 0. The molecule has 96 valence electrons. The number of carboxylic acid groups (broad SMARTS) is 1. The van der Waals surface area contributed by atoms with E-state index in [1.807, 2.05) is 12.1 Å². The van der Waals surface area contributed by atoms with Gasteiger partial charge in [-0.2, -0.15) is 0 Å². The molecule has 2 aromatic rings. The first-order valence-electron chi connectivity index (χ1n) is 6.26. The molecule has 1 aromatic carbocycles. The Hall–Kier alpha value is -1.77. The van der Waals surface area contributed by atoms with E-state index in [-0.39, 0.29) is 6.04 Å². The van der Waals surface area contributed by atoms with Crippen LogP contribution >= 0.6 is 0 Å². The molecule has 1 unspecified atom stereocenters. The van der Waals surface area contributed by atoms with E-state index in [4.69, 9.17) is 0 Å². The van der Waals surface area contributed by atoms with Crippen molar-refractivity contribution in [3.8, 4) is 0 Å². The predicted octanol–water partition coefficient (Wildman–Crippen LogP) is 3.72. The maximum Gasteiger partial charge on any atom is 0.312 e. The molecule has 3 nitrogen and oxygen atoms in total. The largest absolute Gasteiger partial charge is 0.481 e. The maximum absolute atomic E-state index is 11.2. The molecule has 1 atom stereocenters. The SMILES string of the molecule is Cc1cccc2c1cc(C(C)C(=O)O)n2C(C)C. The van der Waals surface area contributed by atoms with E-state index < -0.39 is 11.9 Å². The number of nitrogens with zero attached hydrogens (tertiary/aromatic N) is 1. The summed E-state index contributed by atoms with van der Waals surface area (Å²) in [6, 6.07) is 8.40. The smallest absolute Gasteiger partial charge is 0.312 e. The first kappa shape index (κ1) is 12.7. The number of benzene rings is 1. The van der Waals surface area contributed by atoms with Crippen LogP contribution in [-0.2, 0) is 4.79 Å². The van der Waals surface area contributed by atoms with Gasteiger partial charge in [-0.1, -0.05) is 12.1 Å². The minimum Gasteiger partial charge on any atom is -0.481 e. The standard InChI is InChI=1S/C15H19NO2/c1-9(2)16-13-7-5-6-10(3)12(13)8-14(16)11(4)15(17)18/h5-9,11H,1-4H3,(H,17,18). The normalized spacial score (nSPS) is 13.2. The van der Waals surface area contributed by atoms with Gasteiger partial charge in [0.25, 0.3) is 0 Å². The molecule has 0 bridgehead atoms. The zero-order valence-corrected chi connectivity index (χ0v) is 11.3. The van der Waals surface area contributed by atoms with Gasteiger partial charge in [0, 0.05) is 22.6 Å². The van der Waals surface area contributed by atoms with Crippen LogP contribution in [0.5, 0.6) is 0 Å². The highest BCUT2D eigenvalue weighted by Gasteiger charge is 2.21. The number of carbonyl (C=O) groups is 1. The fourth-order valence-corrected chi connectivity index (χ4v) is 2.46. The minimum absolute atomic E-state index is 0.251.